The van der Waals surface area contributed by atoms with Crippen molar-refractivity contribution in [1.29, 1.82) is 0 Å². The Balaban J connectivity index is 1.38. The van der Waals surface area contributed by atoms with Crippen LogP contribution in [0, 0.1) is 5.92 Å². The summed E-state index contributed by atoms with van der Waals surface area (Å²) < 4.78 is 39.0. The maximum absolute atomic E-state index is 12.8. The van der Waals surface area contributed by atoms with Gasteiger partial charge in [-0.15, -0.1) is 0 Å². The van der Waals surface area contributed by atoms with E-state index in [1.165, 1.54) is 0 Å². The summed E-state index contributed by atoms with van der Waals surface area (Å²) in [5.74, 6) is 1.67. The maximum atomic E-state index is 12.8. The van der Waals surface area contributed by atoms with Crippen LogP contribution in [0.1, 0.15) is 25.3 Å². The van der Waals surface area contributed by atoms with Crippen LogP contribution in [0.5, 0.6) is 11.5 Å². The fraction of sp³-hybridized carbons (Fsp3) is 0.409. The van der Waals surface area contributed by atoms with E-state index < -0.39 is 16.1 Å². The normalized spacial score (nSPS) is 16.8. The van der Waals surface area contributed by atoms with Gasteiger partial charge in [-0.1, -0.05) is 0 Å². The highest BCUT2D eigenvalue weighted by Crippen LogP contribution is 2.37. The molecule has 1 amide bonds. The Morgan fingerprint density at radius 2 is 1.87 bits per heavy atom. The van der Waals surface area contributed by atoms with Gasteiger partial charge in [0.15, 0.2) is 0 Å². The lowest BCUT2D eigenvalue weighted by molar-refractivity contribution is -0.119. The second kappa shape index (κ2) is 8.28. The Morgan fingerprint density at radius 1 is 1.17 bits per heavy atom. The molecule has 1 aliphatic heterocycles. The van der Waals surface area contributed by atoms with Crippen molar-refractivity contribution in [2.75, 3.05) is 25.2 Å². The molecule has 0 bridgehead atoms. The van der Waals surface area contributed by atoms with Crippen LogP contribution in [0.15, 0.2) is 47.4 Å². The molecule has 0 saturated heterocycles. The zero-order valence-electron chi connectivity index (χ0n) is 17.1. The quantitative estimate of drug-likeness (QED) is 0.696. The molecular weight excluding hydrogens is 404 g/mol. The average molecular weight is 431 g/mol. The molecule has 0 radical (unpaired) electrons. The van der Waals surface area contributed by atoms with Crippen LogP contribution in [0.3, 0.4) is 0 Å². The summed E-state index contributed by atoms with van der Waals surface area (Å²) in [6, 6.07) is 11.7. The molecule has 2 aromatic carbocycles. The third-order valence-electron chi connectivity index (χ3n) is 5.37. The van der Waals surface area contributed by atoms with Crippen molar-refractivity contribution in [3.05, 3.63) is 48.0 Å². The molecule has 2 aromatic rings. The second-order valence-electron chi connectivity index (χ2n) is 7.81. The minimum atomic E-state index is -3.69. The Kier molecular flexibility index (Phi) is 5.71. The number of sulfonamides is 1. The lowest BCUT2D eigenvalue weighted by Gasteiger charge is -2.18. The minimum Gasteiger partial charge on any atom is -0.497 e. The number of ether oxygens (including phenoxy) is 2. The predicted octanol–water partition coefficient (Wildman–Crippen LogP) is 2.74. The third kappa shape index (κ3) is 4.44. The summed E-state index contributed by atoms with van der Waals surface area (Å²) in [4.78, 5) is 14.4. The van der Waals surface area contributed by atoms with E-state index in [-0.39, 0.29) is 23.3 Å². The van der Waals surface area contributed by atoms with Crippen molar-refractivity contribution < 1.29 is 22.7 Å². The summed E-state index contributed by atoms with van der Waals surface area (Å²) in [7, 11) is -2.10. The van der Waals surface area contributed by atoms with E-state index in [9.17, 15) is 13.2 Å². The SMILES string of the molecule is COc1ccc(OC[C@@H](C)NS(=O)(=O)c2ccc3c(c2)CCN3C(=O)C2CC2)cc1. The van der Waals surface area contributed by atoms with Crippen LogP contribution in [0.25, 0.3) is 0 Å². The topological polar surface area (TPSA) is 84.9 Å². The number of carbonyl (C=O) groups is 1. The fourth-order valence-corrected chi connectivity index (χ4v) is 4.86. The molecule has 0 aromatic heterocycles. The summed E-state index contributed by atoms with van der Waals surface area (Å²) in [5, 5.41) is 0. The van der Waals surface area contributed by atoms with Crippen LogP contribution in [0.2, 0.25) is 0 Å². The highest BCUT2D eigenvalue weighted by molar-refractivity contribution is 7.89. The van der Waals surface area contributed by atoms with E-state index in [0.717, 1.165) is 29.8 Å². The molecule has 4 rings (SSSR count). The molecule has 30 heavy (non-hydrogen) atoms. The highest BCUT2D eigenvalue weighted by atomic mass is 32.2. The first-order valence-electron chi connectivity index (χ1n) is 10.1. The number of benzene rings is 2. The molecule has 1 fully saturated rings. The standard InChI is InChI=1S/C22H26N2O5S/c1-15(14-29-19-7-5-18(28-2)6-8-19)23-30(26,27)20-9-10-21-17(13-20)11-12-24(21)22(25)16-3-4-16/h5-10,13,15-16,23H,3-4,11-12,14H2,1-2H3/t15-/m1/s1. The van der Waals surface area contributed by atoms with Crippen molar-refractivity contribution >= 4 is 21.6 Å². The van der Waals surface area contributed by atoms with E-state index in [2.05, 4.69) is 4.72 Å². The number of amides is 1. The number of methoxy groups -OCH3 is 1. The summed E-state index contributed by atoms with van der Waals surface area (Å²) >= 11 is 0. The van der Waals surface area contributed by atoms with Crippen molar-refractivity contribution in [2.24, 2.45) is 5.92 Å². The second-order valence-corrected chi connectivity index (χ2v) is 9.53. The summed E-state index contributed by atoms with van der Waals surface area (Å²) in [5.41, 5.74) is 1.73. The van der Waals surface area contributed by atoms with Gasteiger partial charge in [0.2, 0.25) is 15.9 Å². The van der Waals surface area contributed by atoms with Gasteiger partial charge in [0, 0.05) is 18.2 Å². The van der Waals surface area contributed by atoms with Gasteiger partial charge in [0.05, 0.1) is 18.0 Å². The van der Waals surface area contributed by atoms with E-state index >= 15 is 0 Å². The molecule has 1 atom stereocenters. The van der Waals surface area contributed by atoms with Gasteiger partial charge in [-0.05, 0) is 74.2 Å². The van der Waals surface area contributed by atoms with Crippen LogP contribution >= 0.6 is 0 Å². The Morgan fingerprint density at radius 3 is 2.53 bits per heavy atom. The zero-order chi connectivity index (χ0) is 21.3. The van der Waals surface area contributed by atoms with Crippen molar-refractivity contribution in [2.45, 2.75) is 37.1 Å². The van der Waals surface area contributed by atoms with Crippen LogP contribution < -0.4 is 19.1 Å². The molecule has 8 heteroatoms. The first-order valence-corrected chi connectivity index (χ1v) is 11.6. The molecule has 1 N–H and O–H groups in total. The van der Waals surface area contributed by atoms with Crippen LogP contribution in [0.4, 0.5) is 5.69 Å². The molecule has 0 unspecified atom stereocenters. The molecule has 0 spiro atoms. The average Bonchev–Trinajstić information content (AvgIpc) is 3.50. The fourth-order valence-electron chi connectivity index (χ4n) is 3.58. The number of nitrogens with zero attached hydrogens (tertiary/aromatic N) is 1. The summed E-state index contributed by atoms with van der Waals surface area (Å²) in [6.07, 6.45) is 2.59. The Labute approximate surface area is 177 Å². The summed E-state index contributed by atoms with van der Waals surface area (Å²) in [6.45, 7) is 2.57. The molecule has 1 aliphatic carbocycles. The number of anilines is 1. The van der Waals surface area contributed by atoms with Gasteiger partial charge < -0.3 is 14.4 Å². The van der Waals surface area contributed by atoms with Crippen molar-refractivity contribution in [3.8, 4) is 11.5 Å². The molecule has 2 aliphatic rings. The van der Waals surface area contributed by atoms with Gasteiger partial charge in [-0.3, -0.25) is 4.79 Å². The molecular formula is C22H26N2O5S. The minimum absolute atomic E-state index is 0.146. The monoisotopic (exact) mass is 430 g/mol. The molecule has 1 heterocycles. The van der Waals surface area contributed by atoms with E-state index in [4.69, 9.17) is 9.47 Å². The van der Waals surface area contributed by atoms with Gasteiger partial charge in [-0.2, -0.15) is 0 Å². The third-order valence-corrected chi connectivity index (χ3v) is 6.95. The van der Waals surface area contributed by atoms with Gasteiger partial charge in [0.25, 0.3) is 0 Å². The lowest BCUT2D eigenvalue weighted by atomic mass is 10.2. The van der Waals surface area contributed by atoms with E-state index in [1.54, 1.807) is 61.4 Å². The highest BCUT2D eigenvalue weighted by Gasteiger charge is 2.36. The van der Waals surface area contributed by atoms with Gasteiger partial charge in [-0.25, -0.2) is 13.1 Å². The number of rotatable bonds is 8. The van der Waals surface area contributed by atoms with Crippen molar-refractivity contribution in [3.63, 3.8) is 0 Å². The van der Waals surface area contributed by atoms with Crippen LogP contribution in [-0.2, 0) is 21.2 Å². The largest absolute Gasteiger partial charge is 0.497 e. The van der Waals surface area contributed by atoms with Gasteiger partial charge >= 0.3 is 0 Å². The molecule has 7 nitrogen and oxygen atoms in total. The molecule has 1 saturated carbocycles. The van der Waals surface area contributed by atoms with E-state index in [0.29, 0.717) is 18.7 Å². The predicted molar refractivity (Wildman–Crippen MR) is 113 cm³/mol. The number of hydrogen-bond acceptors (Lipinski definition) is 5. The first-order chi connectivity index (χ1) is 14.4. The maximum Gasteiger partial charge on any atom is 0.240 e. The Bertz CT molecular complexity index is 1030. The Hall–Kier alpha value is -2.58. The number of hydrogen-bond donors (Lipinski definition) is 1. The lowest BCUT2D eigenvalue weighted by Crippen LogP contribution is -2.36. The number of fused-ring (bicyclic) bond motifs is 1. The van der Waals surface area contributed by atoms with Crippen molar-refractivity contribution in [1.82, 2.24) is 4.72 Å². The van der Waals surface area contributed by atoms with Crippen LogP contribution in [-0.4, -0.2) is 40.6 Å². The van der Waals surface area contributed by atoms with E-state index in [1.807, 2.05) is 0 Å². The number of carbonyl (C=O) groups excluding carboxylic acids is 1. The van der Waals surface area contributed by atoms with Gasteiger partial charge in [0.1, 0.15) is 18.1 Å². The first kappa shape index (κ1) is 20.7. The smallest absolute Gasteiger partial charge is 0.240 e. The number of nitrogens with one attached hydrogen (secondary N) is 1. The zero-order valence-corrected chi connectivity index (χ0v) is 17.9. The molecule has 160 valence electrons.